The predicted octanol–water partition coefficient (Wildman–Crippen LogP) is 0.221. The molecule has 6 nitrogen and oxygen atoms in total. The van der Waals surface area contributed by atoms with Gasteiger partial charge in [0.1, 0.15) is 6.04 Å². The zero-order chi connectivity index (χ0) is 13.1. The maximum Gasteiger partial charge on any atom is 0.320 e. The molecular weight excluding hydrogens is 212 g/mol. The second-order valence-corrected chi connectivity index (χ2v) is 3.68. The van der Waals surface area contributed by atoms with Gasteiger partial charge in [0.05, 0.1) is 0 Å². The molecule has 4 N–H and O–H groups in total. The Hall–Kier alpha value is -1.14. The fourth-order valence-corrected chi connectivity index (χ4v) is 0.850. The van der Waals surface area contributed by atoms with Crippen molar-refractivity contribution in [2.24, 2.45) is 5.73 Å². The van der Waals surface area contributed by atoms with Gasteiger partial charge in [0, 0.05) is 6.42 Å². The number of aliphatic carboxylic acids is 2. The first-order chi connectivity index (χ1) is 7.31. The minimum absolute atomic E-state index is 0.0231. The number of hydrogen-bond donors (Lipinski definition) is 3. The molecule has 0 heterocycles. The van der Waals surface area contributed by atoms with Crippen molar-refractivity contribution < 1.29 is 19.8 Å². The van der Waals surface area contributed by atoms with Crippen LogP contribution in [0, 0.1) is 0 Å². The Labute approximate surface area is 96.0 Å². The fraction of sp³-hybridized carbons (Fsp3) is 0.800. The Bertz CT molecular complexity index is 207. The molecule has 1 unspecified atom stereocenters. The van der Waals surface area contributed by atoms with Crippen molar-refractivity contribution in [1.82, 2.24) is 4.90 Å². The summed E-state index contributed by atoms with van der Waals surface area (Å²) in [5.74, 6) is -2.20. The van der Waals surface area contributed by atoms with Gasteiger partial charge in [-0.25, -0.2) is 0 Å². The van der Waals surface area contributed by atoms with Gasteiger partial charge in [-0.2, -0.15) is 0 Å². The van der Waals surface area contributed by atoms with Crippen LogP contribution in [-0.2, 0) is 9.59 Å². The number of nitrogens with two attached hydrogens (primary N) is 1. The van der Waals surface area contributed by atoms with Crippen LogP contribution in [0.25, 0.3) is 0 Å². The van der Waals surface area contributed by atoms with E-state index in [2.05, 4.69) is 25.9 Å². The summed E-state index contributed by atoms with van der Waals surface area (Å²) < 4.78 is 0. The summed E-state index contributed by atoms with van der Waals surface area (Å²) in [6, 6.07) is -1.06. The highest BCUT2D eigenvalue weighted by Gasteiger charge is 2.12. The Morgan fingerprint density at radius 1 is 1.31 bits per heavy atom. The molecule has 6 heteroatoms. The molecule has 0 bridgehead atoms. The van der Waals surface area contributed by atoms with Crippen molar-refractivity contribution in [2.75, 3.05) is 20.6 Å². The van der Waals surface area contributed by atoms with E-state index < -0.39 is 18.0 Å². The van der Waals surface area contributed by atoms with E-state index in [9.17, 15) is 9.59 Å². The second kappa shape index (κ2) is 10.4. The quantitative estimate of drug-likeness (QED) is 0.607. The summed E-state index contributed by atoms with van der Waals surface area (Å²) in [5.41, 5.74) is 5.00. The smallest absolute Gasteiger partial charge is 0.320 e. The van der Waals surface area contributed by atoms with Crippen LogP contribution < -0.4 is 5.73 Å². The van der Waals surface area contributed by atoms with Crippen molar-refractivity contribution in [1.29, 1.82) is 0 Å². The standard InChI is InChI=1S/C5H9NO4.C5H13N/c6-3(5(9)10)1-2-4(7)8;1-4-5-6(2)3/h3H,1-2,6H2,(H,7,8)(H,9,10);4-5H2,1-3H3. The van der Waals surface area contributed by atoms with Crippen LogP contribution in [0.15, 0.2) is 0 Å². The first kappa shape index (κ1) is 17.3. The van der Waals surface area contributed by atoms with E-state index in [0.717, 1.165) is 0 Å². The number of hydrogen-bond acceptors (Lipinski definition) is 4. The van der Waals surface area contributed by atoms with Gasteiger partial charge in [0.25, 0.3) is 0 Å². The van der Waals surface area contributed by atoms with Crippen molar-refractivity contribution in [3.05, 3.63) is 0 Å². The normalized spacial score (nSPS) is 11.6. The topological polar surface area (TPSA) is 104 Å². The molecule has 0 aliphatic rings. The molecule has 0 amide bonds. The molecule has 0 aromatic heterocycles. The minimum atomic E-state index is -1.17. The van der Waals surface area contributed by atoms with E-state index in [-0.39, 0.29) is 12.8 Å². The Kier molecular flexibility index (Phi) is 11.2. The van der Waals surface area contributed by atoms with Crippen LogP contribution in [0.1, 0.15) is 26.2 Å². The predicted molar refractivity (Wildman–Crippen MR) is 61.3 cm³/mol. The molecule has 0 radical (unpaired) electrons. The molecular formula is C10H22N2O4. The summed E-state index contributed by atoms with van der Waals surface area (Å²) in [6.07, 6.45) is 1.03. The zero-order valence-corrected chi connectivity index (χ0v) is 10.1. The van der Waals surface area contributed by atoms with Crippen molar-refractivity contribution in [2.45, 2.75) is 32.2 Å². The lowest BCUT2D eigenvalue weighted by Gasteiger charge is -2.03. The molecule has 0 aromatic carbocycles. The highest BCUT2D eigenvalue weighted by Crippen LogP contribution is 1.93. The first-order valence-electron chi connectivity index (χ1n) is 5.16. The molecule has 0 aliphatic heterocycles. The Morgan fingerprint density at radius 2 is 1.81 bits per heavy atom. The van der Waals surface area contributed by atoms with Gasteiger partial charge in [0.2, 0.25) is 0 Å². The lowest BCUT2D eigenvalue weighted by atomic mass is 10.2. The van der Waals surface area contributed by atoms with Crippen LogP contribution in [-0.4, -0.2) is 53.7 Å². The van der Waals surface area contributed by atoms with Crippen molar-refractivity contribution >= 4 is 11.9 Å². The molecule has 16 heavy (non-hydrogen) atoms. The molecule has 0 aliphatic carbocycles. The largest absolute Gasteiger partial charge is 0.481 e. The van der Waals surface area contributed by atoms with Crippen molar-refractivity contribution in [3.63, 3.8) is 0 Å². The summed E-state index contributed by atoms with van der Waals surface area (Å²) in [4.78, 5) is 22.1. The third-order valence-corrected chi connectivity index (χ3v) is 1.66. The van der Waals surface area contributed by atoms with Gasteiger partial charge >= 0.3 is 11.9 Å². The fourth-order valence-electron chi connectivity index (χ4n) is 0.850. The highest BCUT2D eigenvalue weighted by atomic mass is 16.4. The van der Waals surface area contributed by atoms with E-state index in [4.69, 9.17) is 15.9 Å². The number of rotatable bonds is 6. The Balaban J connectivity index is 0. The van der Waals surface area contributed by atoms with Gasteiger partial charge in [-0.3, -0.25) is 9.59 Å². The molecule has 0 saturated heterocycles. The minimum Gasteiger partial charge on any atom is -0.481 e. The van der Waals surface area contributed by atoms with E-state index >= 15 is 0 Å². The van der Waals surface area contributed by atoms with E-state index in [0.29, 0.717) is 0 Å². The summed E-state index contributed by atoms with van der Waals surface area (Å²) >= 11 is 0. The van der Waals surface area contributed by atoms with E-state index in [1.807, 2.05) is 0 Å². The summed E-state index contributed by atoms with van der Waals surface area (Å²) in [6.45, 7) is 3.39. The van der Waals surface area contributed by atoms with E-state index in [1.165, 1.54) is 13.0 Å². The maximum atomic E-state index is 9.99. The summed E-state index contributed by atoms with van der Waals surface area (Å²) in [7, 11) is 4.17. The van der Waals surface area contributed by atoms with Gasteiger partial charge in [0.15, 0.2) is 0 Å². The highest BCUT2D eigenvalue weighted by molar-refractivity contribution is 5.74. The monoisotopic (exact) mass is 234 g/mol. The first-order valence-corrected chi connectivity index (χ1v) is 5.16. The third-order valence-electron chi connectivity index (χ3n) is 1.66. The summed E-state index contributed by atoms with van der Waals surface area (Å²) in [5, 5.41) is 16.3. The third kappa shape index (κ3) is 15.3. The Morgan fingerprint density at radius 3 is 2.00 bits per heavy atom. The molecule has 1 atom stereocenters. The SMILES string of the molecule is CCCN(C)C.NC(CCC(=O)O)C(=O)O. The lowest BCUT2D eigenvalue weighted by molar-refractivity contribution is -0.139. The second-order valence-electron chi connectivity index (χ2n) is 3.68. The van der Waals surface area contributed by atoms with Crippen LogP contribution in [0.5, 0.6) is 0 Å². The molecule has 0 rings (SSSR count). The average Bonchev–Trinajstić information content (AvgIpc) is 2.14. The average molecular weight is 234 g/mol. The maximum absolute atomic E-state index is 9.99. The van der Waals surface area contributed by atoms with Crippen LogP contribution >= 0.6 is 0 Å². The zero-order valence-electron chi connectivity index (χ0n) is 10.1. The molecule has 0 aromatic rings. The number of nitrogens with zero attached hydrogens (tertiary/aromatic N) is 1. The number of carboxylic acids is 2. The number of carbonyl (C=O) groups is 2. The van der Waals surface area contributed by atoms with Gasteiger partial charge < -0.3 is 20.8 Å². The van der Waals surface area contributed by atoms with Crippen LogP contribution in [0.4, 0.5) is 0 Å². The van der Waals surface area contributed by atoms with E-state index in [1.54, 1.807) is 0 Å². The van der Waals surface area contributed by atoms with Crippen LogP contribution in [0.2, 0.25) is 0 Å². The molecule has 0 fully saturated rings. The van der Waals surface area contributed by atoms with Crippen molar-refractivity contribution in [3.8, 4) is 0 Å². The van der Waals surface area contributed by atoms with Gasteiger partial charge in [-0.1, -0.05) is 6.92 Å². The van der Waals surface area contributed by atoms with Crippen LogP contribution in [0.3, 0.4) is 0 Å². The number of carboxylic acid groups (broad SMARTS) is 2. The molecule has 0 saturated carbocycles. The molecule has 0 spiro atoms. The lowest BCUT2D eigenvalue weighted by Crippen LogP contribution is -2.30. The van der Waals surface area contributed by atoms with Gasteiger partial charge in [-0.05, 0) is 33.5 Å². The van der Waals surface area contributed by atoms with Gasteiger partial charge in [-0.15, -0.1) is 0 Å². The molecule has 96 valence electrons.